The fourth-order valence-electron chi connectivity index (χ4n) is 2.17. The quantitative estimate of drug-likeness (QED) is 0.190. The summed E-state index contributed by atoms with van der Waals surface area (Å²) < 4.78 is 0. The third-order valence-corrected chi connectivity index (χ3v) is 4.73. The molecule has 1 atom stereocenters. The van der Waals surface area contributed by atoms with Crippen LogP contribution in [-0.4, -0.2) is 59.7 Å². The van der Waals surface area contributed by atoms with Gasteiger partial charge in [-0.3, -0.25) is 9.79 Å². The van der Waals surface area contributed by atoms with Crippen LogP contribution in [0.1, 0.15) is 26.2 Å². The number of rotatable bonds is 14. The Morgan fingerprint density at radius 2 is 2.15 bits per heavy atom. The topological polar surface area (TPSA) is 111 Å². The molecule has 0 heterocycles. The van der Waals surface area contributed by atoms with Gasteiger partial charge in [-0.05, 0) is 30.4 Å². The molecule has 0 saturated carbocycles. The number of nitrogens with one attached hydrogen (secondary N) is 1. The maximum Gasteiger partial charge on any atom is 0.326 e. The highest BCUT2D eigenvalue weighted by Gasteiger charge is 2.26. The lowest BCUT2D eigenvalue weighted by atomic mass is 10.1. The zero-order chi connectivity index (χ0) is 20.1. The smallest absolute Gasteiger partial charge is 0.326 e. The number of hydrogen-bond acceptors (Lipinski definition) is 7. The van der Waals surface area contributed by atoms with E-state index in [2.05, 4.69) is 17.4 Å². The molecular formula is C18H27N3O5S. The largest absolute Gasteiger partial charge is 0.481 e. The molecule has 0 aromatic heterocycles. The van der Waals surface area contributed by atoms with Crippen molar-refractivity contribution in [3.63, 3.8) is 0 Å². The van der Waals surface area contributed by atoms with Crippen molar-refractivity contribution in [2.45, 2.75) is 32.2 Å². The molecule has 0 aliphatic heterocycles. The SMILES string of the molecule is CCCCSCCN=CONc1cccc(N(C)C(CC(=O)O)C(=O)O)c1. The van der Waals surface area contributed by atoms with E-state index in [4.69, 9.17) is 9.94 Å². The minimum absolute atomic E-state index is 0.497. The maximum absolute atomic E-state index is 11.3. The standard InChI is InChI=1S/C18H27N3O5S/c1-3-4-9-27-10-8-19-13-26-20-14-6-5-7-15(11-14)21(2)16(18(24)25)12-17(22)23/h5-7,11,13,16,20H,3-4,8-10,12H2,1-2H3,(H,22,23)(H,24,25). The number of hydrogen-bond donors (Lipinski definition) is 3. The van der Waals surface area contributed by atoms with Gasteiger partial charge < -0.3 is 20.0 Å². The van der Waals surface area contributed by atoms with Crippen molar-refractivity contribution in [1.29, 1.82) is 0 Å². The number of thioether (sulfide) groups is 1. The second-order valence-corrected chi connectivity index (χ2v) is 7.04. The normalized spacial score (nSPS) is 11.9. The molecule has 0 aliphatic rings. The summed E-state index contributed by atoms with van der Waals surface area (Å²) in [7, 11) is 1.54. The predicted octanol–water partition coefficient (Wildman–Crippen LogP) is 2.96. The monoisotopic (exact) mass is 397 g/mol. The van der Waals surface area contributed by atoms with Gasteiger partial charge in [0, 0.05) is 18.5 Å². The average molecular weight is 397 g/mol. The Kier molecular flexibility index (Phi) is 10.8. The number of aliphatic imine (C=N–C) groups is 1. The van der Waals surface area contributed by atoms with Crippen molar-refractivity contribution >= 4 is 41.5 Å². The van der Waals surface area contributed by atoms with E-state index in [1.807, 2.05) is 11.8 Å². The summed E-state index contributed by atoms with van der Waals surface area (Å²) in [5.74, 6) is -0.278. The highest BCUT2D eigenvalue weighted by atomic mass is 32.2. The van der Waals surface area contributed by atoms with Crippen molar-refractivity contribution in [2.24, 2.45) is 4.99 Å². The fourth-order valence-corrected chi connectivity index (χ4v) is 3.11. The van der Waals surface area contributed by atoms with E-state index in [1.165, 1.54) is 24.1 Å². The van der Waals surface area contributed by atoms with Crippen LogP contribution in [-0.2, 0) is 14.4 Å². The van der Waals surface area contributed by atoms with Crippen molar-refractivity contribution in [3.05, 3.63) is 24.3 Å². The number of nitrogens with zero attached hydrogens (tertiary/aromatic N) is 2. The molecule has 1 unspecified atom stereocenters. The zero-order valence-corrected chi connectivity index (χ0v) is 16.4. The van der Waals surface area contributed by atoms with Crippen LogP contribution in [0.25, 0.3) is 0 Å². The van der Waals surface area contributed by atoms with Crippen LogP contribution in [0, 0.1) is 0 Å². The molecule has 1 aromatic rings. The van der Waals surface area contributed by atoms with E-state index >= 15 is 0 Å². The first-order valence-electron chi connectivity index (χ1n) is 8.71. The first-order valence-corrected chi connectivity index (χ1v) is 9.86. The Balaban J connectivity index is 2.51. The van der Waals surface area contributed by atoms with Gasteiger partial charge in [0.2, 0.25) is 6.40 Å². The van der Waals surface area contributed by atoms with Crippen LogP contribution >= 0.6 is 11.8 Å². The lowest BCUT2D eigenvalue weighted by Crippen LogP contribution is -2.40. The van der Waals surface area contributed by atoms with Crippen molar-refractivity contribution in [3.8, 4) is 0 Å². The number of aliphatic carboxylic acids is 2. The number of carbonyl (C=O) groups is 2. The molecule has 1 rings (SSSR count). The van der Waals surface area contributed by atoms with Gasteiger partial charge in [0.15, 0.2) is 0 Å². The van der Waals surface area contributed by atoms with E-state index in [-0.39, 0.29) is 0 Å². The van der Waals surface area contributed by atoms with Gasteiger partial charge >= 0.3 is 11.9 Å². The first-order chi connectivity index (χ1) is 13.0. The lowest BCUT2D eigenvalue weighted by Gasteiger charge is -2.26. The van der Waals surface area contributed by atoms with E-state index in [0.29, 0.717) is 17.9 Å². The van der Waals surface area contributed by atoms with Gasteiger partial charge in [-0.1, -0.05) is 19.4 Å². The molecule has 9 heteroatoms. The molecule has 150 valence electrons. The highest BCUT2D eigenvalue weighted by Crippen LogP contribution is 2.21. The Morgan fingerprint density at radius 3 is 2.81 bits per heavy atom. The molecule has 8 nitrogen and oxygen atoms in total. The second kappa shape index (κ2) is 12.9. The van der Waals surface area contributed by atoms with Crippen LogP contribution in [0.15, 0.2) is 29.3 Å². The number of unbranched alkanes of at least 4 members (excludes halogenated alkanes) is 1. The molecule has 0 saturated heterocycles. The molecule has 0 radical (unpaired) electrons. The predicted molar refractivity (Wildman–Crippen MR) is 109 cm³/mol. The third kappa shape index (κ3) is 9.18. The Bertz CT molecular complexity index is 627. The summed E-state index contributed by atoms with van der Waals surface area (Å²) in [4.78, 5) is 32.9. The Morgan fingerprint density at radius 1 is 1.37 bits per heavy atom. The van der Waals surface area contributed by atoms with Crippen LogP contribution in [0.4, 0.5) is 11.4 Å². The molecule has 0 spiro atoms. The molecular weight excluding hydrogens is 370 g/mol. The molecule has 0 amide bonds. The van der Waals surface area contributed by atoms with Crippen LogP contribution < -0.4 is 10.4 Å². The average Bonchev–Trinajstić information content (AvgIpc) is 2.64. The van der Waals surface area contributed by atoms with E-state index < -0.39 is 24.4 Å². The van der Waals surface area contributed by atoms with Crippen LogP contribution in [0.3, 0.4) is 0 Å². The summed E-state index contributed by atoms with van der Waals surface area (Å²) in [6, 6.07) is 5.68. The number of anilines is 2. The van der Waals surface area contributed by atoms with Crippen molar-refractivity contribution in [2.75, 3.05) is 35.5 Å². The Labute approximate surface area is 163 Å². The van der Waals surface area contributed by atoms with Crippen LogP contribution in [0.5, 0.6) is 0 Å². The number of likely N-dealkylation sites (N-methyl/N-ethyl adjacent to an activating group) is 1. The lowest BCUT2D eigenvalue weighted by molar-refractivity contribution is -0.145. The summed E-state index contributed by atoms with van der Waals surface area (Å²) >= 11 is 1.86. The van der Waals surface area contributed by atoms with Gasteiger partial charge in [0.25, 0.3) is 0 Å². The molecule has 0 fully saturated rings. The van der Waals surface area contributed by atoms with Gasteiger partial charge in [0.05, 0.1) is 18.7 Å². The molecule has 1 aromatic carbocycles. The summed E-state index contributed by atoms with van der Waals surface area (Å²) in [6.45, 7) is 2.84. The zero-order valence-electron chi connectivity index (χ0n) is 15.6. The van der Waals surface area contributed by atoms with Crippen molar-refractivity contribution in [1.82, 2.24) is 0 Å². The minimum atomic E-state index is -1.20. The first kappa shape index (κ1) is 22.6. The maximum atomic E-state index is 11.3. The molecule has 27 heavy (non-hydrogen) atoms. The van der Waals surface area contributed by atoms with Crippen molar-refractivity contribution < 1.29 is 24.6 Å². The number of benzene rings is 1. The Hall–Kier alpha value is -2.42. The van der Waals surface area contributed by atoms with E-state index in [1.54, 1.807) is 31.3 Å². The second-order valence-electron chi connectivity index (χ2n) is 5.81. The van der Waals surface area contributed by atoms with Gasteiger partial charge in [-0.15, -0.1) is 0 Å². The number of carboxylic acid groups (broad SMARTS) is 2. The summed E-state index contributed by atoms with van der Waals surface area (Å²) in [6.07, 6.45) is 3.25. The van der Waals surface area contributed by atoms with E-state index in [0.717, 1.165) is 11.5 Å². The molecule has 0 bridgehead atoms. The minimum Gasteiger partial charge on any atom is -0.481 e. The summed E-state index contributed by atoms with van der Waals surface area (Å²) in [5, 5.41) is 18.1. The van der Waals surface area contributed by atoms with E-state index in [9.17, 15) is 14.7 Å². The molecule has 0 aliphatic carbocycles. The van der Waals surface area contributed by atoms with Gasteiger partial charge in [-0.2, -0.15) is 11.8 Å². The van der Waals surface area contributed by atoms with Gasteiger partial charge in [0.1, 0.15) is 6.04 Å². The highest BCUT2D eigenvalue weighted by molar-refractivity contribution is 7.99. The van der Waals surface area contributed by atoms with Gasteiger partial charge in [-0.25, -0.2) is 10.3 Å². The third-order valence-electron chi connectivity index (χ3n) is 3.68. The fraction of sp³-hybridized carbons (Fsp3) is 0.500. The summed E-state index contributed by atoms with van der Waals surface area (Å²) in [5.41, 5.74) is 3.87. The number of carboxylic acids is 2. The van der Waals surface area contributed by atoms with Crippen LogP contribution in [0.2, 0.25) is 0 Å². The molecule has 3 N–H and O–H groups in total.